The fourth-order valence-electron chi connectivity index (χ4n) is 1.86. The molecule has 6 heteroatoms. The summed E-state index contributed by atoms with van der Waals surface area (Å²) in [7, 11) is 0. The van der Waals surface area contributed by atoms with Gasteiger partial charge < -0.3 is 10.4 Å². The molecule has 2 aromatic rings. The maximum atomic E-state index is 13.0. The number of carbonyl (C=O) groups is 1. The number of benzene rings is 1. The lowest BCUT2D eigenvalue weighted by molar-refractivity contribution is 0.0696. The summed E-state index contributed by atoms with van der Waals surface area (Å²) in [6, 6.07) is 6.53. The number of nitrogens with one attached hydrogen (secondary N) is 1. The monoisotopic (exact) mass is 292 g/mol. The highest BCUT2D eigenvalue weighted by Gasteiger charge is 2.03. The van der Waals surface area contributed by atoms with Gasteiger partial charge >= 0.3 is 5.97 Å². The zero-order chi connectivity index (χ0) is 15.2. The minimum atomic E-state index is -1.02. The average molecular weight is 292 g/mol. The van der Waals surface area contributed by atoms with Crippen LogP contribution in [0.15, 0.2) is 36.5 Å². The van der Waals surface area contributed by atoms with Crippen molar-refractivity contribution >= 4 is 5.97 Å². The largest absolute Gasteiger partial charge is 0.478 e. The molecule has 0 bridgehead atoms. The molecule has 0 radical (unpaired) electrons. The number of carboxylic acids is 1. The SMILES string of the molecule is O=C(O)c1ccc(CNCCc2cc(F)cc(F)c2)nc1. The van der Waals surface area contributed by atoms with Crippen LogP contribution in [0.5, 0.6) is 0 Å². The van der Waals surface area contributed by atoms with Crippen LogP contribution in [-0.4, -0.2) is 22.6 Å². The number of rotatable bonds is 6. The lowest BCUT2D eigenvalue weighted by Crippen LogP contribution is -2.17. The number of nitrogens with zero attached hydrogens (tertiary/aromatic N) is 1. The third-order valence-corrected chi connectivity index (χ3v) is 2.89. The first kappa shape index (κ1) is 15.1. The van der Waals surface area contributed by atoms with Crippen LogP contribution < -0.4 is 5.32 Å². The predicted octanol–water partition coefficient (Wildman–Crippen LogP) is 2.39. The molecule has 1 heterocycles. The third kappa shape index (κ3) is 4.61. The molecule has 21 heavy (non-hydrogen) atoms. The number of halogens is 2. The molecule has 4 nitrogen and oxygen atoms in total. The molecular formula is C15H14F2N2O2. The van der Waals surface area contributed by atoms with Crippen LogP contribution in [0.1, 0.15) is 21.6 Å². The number of aromatic nitrogens is 1. The van der Waals surface area contributed by atoms with E-state index in [2.05, 4.69) is 10.3 Å². The first-order chi connectivity index (χ1) is 10.0. The van der Waals surface area contributed by atoms with Crippen LogP contribution in [-0.2, 0) is 13.0 Å². The van der Waals surface area contributed by atoms with Crippen LogP contribution in [0.2, 0.25) is 0 Å². The molecule has 0 spiro atoms. The van der Waals surface area contributed by atoms with Crippen molar-refractivity contribution in [3.05, 3.63) is 65.0 Å². The molecule has 1 aromatic heterocycles. The van der Waals surface area contributed by atoms with Gasteiger partial charge in [-0.3, -0.25) is 4.98 Å². The Hall–Kier alpha value is -2.34. The zero-order valence-electron chi connectivity index (χ0n) is 11.1. The van der Waals surface area contributed by atoms with E-state index in [1.165, 1.54) is 24.4 Å². The Balaban J connectivity index is 1.80. The summed E-state index contributed by atoms with van der Waals surface area (Å²) in [5.74, 6) is -2.19. The van der Waals surface area contributed by atoms with Gasteiger partial charge in [0.1, 0.15) is 11.6 Å². The molecule has 0 fully saturated rings. The van der Waals surface area contributed by atoms with E-state index in [1.54, 1.807) is 6.07 Å². The van der Waals surface area contributed by atoms with Gasteiger partial charge in [0.15, 0.2) is 0 Å². The fraction of sp³-hybridized carbons (Fsp3) is 0.200. The van der Waals surface area contributed by atoms with Crippen molar-refractivity contribution in [3.8, 4) is 0 Å². The Kier molecular flexibility index (Phi) is 4.94. The second-order valence-electron chi connectivity index (χ2n) is 4.55. The lowest BCUT2D eigenvalue weighted by Gasteiger charge is -2.05. The van der Waals surface area contributed by atoms with Crippen molar-refractivity contribution in [2.75, 3.05) is 6.54 Å². The number of aromatic carboxylic acids is 1. The van der Waals surface area contributed by atoms with E-state index in [4.69, 9.17) is 5.11 Å². The first-order valence-corrected chi connectivity index (χ1v) is 6.38. The quantitative estimate of drug-likeness (QED) is 0.803. The second-order valence-corrected chi connectivity index (χ2v) is 4.55. The van der Waals surface area contributed by atoms with E-state index in [-0.39, 0.29) is 5.56 Å². The van der Waals surface area contributed by atoms with Crippen LogP contribution >= 0.6 is 0 Å². The van der Waals surface area contributed by atoms with Crippen molar-refractivity contribution in [2.24, 2.45) is 0 Å². The number of hydrogen-bond donors (Lipinski definition) is 2. The van der Waals surface area contributed by atoms with E-state index in [9.17, 15) is 13.6 Å². The zero-order valence-corrected chi connectivity index (χ0v) is 11.1. The van der Waals surface area contributed by atoms with Gasteiger partial charge in [-0.25, -0.2) is 13.6 Å². The van der Waals surface area contributed by atoms with E-state index in [1.807, 2.05) is 0 Å². The Morgan fingerprint density at radius 1 is 1.19 bits per heavy atom. The molecule has 0 unspecified atom stereocenters. The van der Waals surface area contributed by atoms with E-state index in [0.717, 1.165) is 6.07 Å². The molecule has 110 valence electrons. The Morgan fingerprint density at radius 3 is 2.48 bits per heavy atom. The molecule has 0 aliphatic carbocycles. The summed E-state index contributed by atoms with van der Waals surface area (Å²) in [6.07, 6.45) is 1.78. The molecule has 0 amide bonds. The van der Waals surface area contributed by atoms with Gasteiger partial charge in [-0.05, 0) is 42.8 Å². The van der Waals surface area contributed by atoms with Gasteiger partial charge in [-0.2, -0.15) is 0 Å². The number of pyridine rings is 1. The second kappa shape index (κ2) is 6.90. The summed E-state index contributed by atoms with van der Waals surface area (Å²) in [6.45, 7) is 0.989. The van der Waals surface area contributed by atoms with Crippen molar-refractivity contribution in [1.29, 1.82) is 0 Å². The smallest absolute Gasteiger partial charge is 0.337 e. The molecule has 0 aliphatic rings. The summed E-state index contributed by atoms with van der Waals surface area (Å²) < 4.78 is 26.0. The maximum Gasteiger partial charge on any atom is 0.337 e. The topological polar surface area (TPSA) is 62.2 Å². The van der Waals surface area contributed by atoms with Crippen molar-refractivity contribution in [1.82, 2.24) is 10.3 Å². The summed E-state index contributed by atoms with van der Waals surface area (Å²) >= 11 is 0. The first-order valence-electron chi connectivity index (χ1n) is 6.38. The van der Waals surface area contributed by atoms with Crippen LogP contribution in [0, 0.1) is 11.6 Å². The van der Waals surface area contributed by atoms with Crippen LogP contribution in [0.25, 0.3) is 0 Å². The highest BCUT2D eigenvalue weighted by atomic mass is 19.1. The van der Waals surface area contributed by atoms with Crippen molar-refractivity contribution in [3.63, 3.8) is 0 Å². The van der Waals surface area contributed by atoms with Crippen molar-refractivity contribution in [2.45, 2.75) is 13.0 Å². The van der Waals surface area contributed by atoms with Gasteiger partial charge in [-0.1, -0.05) is 0 Å². The molecule has 1 aromatic carbocycles. The van der Waals surface area contributed by atoms with Crippen LogP contribution in [0.3, 0.4) is 0 Å². The highest BCUT2D eigenvalue weighted by molar-refractivity contribution is 5.87. The summed E-state index contributed by atoms with van der Waals surface area (Å²) in [5, 5.41) is 11.8. The molecular weight excluding hydrogens is 278 g/mol. The van der Waals surface area contributed by atoms with Crippen LogP contribution in [0.4, 0.5) is 8.78 Å². The summed E-state index contributed by atoms with van der Waals surface area (Å²) in [5.41, 5.74) is 1.41. The van der Waals surface area contributed by atoms with E-state index >= 15 is 0 Å². The number of hydrogen-bond acceptors (Lipinski definition) is 3. The maximum absolute atomic E-state index is 13.0. The molecule has 0 atom stereocenters. The standard InChI is InChI=1S/C15H14F2N2O2/c16-12-5-10(6-13(17)7-12)3-4-18-9-14-2-1-11(8-19-14)15(20)21/h1-2,5-8,18H,3-4,9H2,(H,20,21). The minimum Gasteiger partial charge on any atom is -0.478 e. The minimum absolute atomic E-state index is 0.133. The average Bonchev–Trinajstić information content (AvgIpc) is 2.43. The fourth-order valence-corrected chi connectivity index (χ4v) is 1.86. The Morgan fingerprint density at radius 2 is 1.90 bits per heavy atom. The van der Waals surface area contributed by atoms with Gasteiger partial charge in [0.25, 0.3) is 0 Å². The van der Waals surface area contributed by atoms with Gasteiger partial charge in [0.2, 0.25) is 0 Å². The Labute approximate surface area is 120 Å². The predicted molar refractivity (Wildman–Crippen MR) is 73.0 cm³/mol. The van der Waals surface area contributed by atoms with E-state index < -0.39 is 17.6 Å². The molecule has 0 saturated heterocycles. The van der Waals surface area contributed by atoms with Gasteiger partial charge in [-0.15, -0.1) is 0 Å². The highest BCUT2D eigenvalue weighted by Crippen LogP contribution is 2.08. The third-order valence-electron chi connectivity index (χ3n) is 2.89. The van der Waals surface area contributed by atoms with Crippen molar-refractivity contribution < 1.29 is 18.7 Å². The molecule has 0 aliphatic heterocycles. The van der Waals surface area contributed by atoms with E-state index in [0.29, 0.717) is 30.8 Å². The molecule has 2 N–H and O–H groups in total. The molecule has 2 rings (SSSR count). The van der Waals surface area contributed by atoms with Gasteiger partial charge in [0.05, 0.1) is 11.3 Å². The number of carboxylic acid groups (broad SMARTS) is 1. The van der Waals surface area contributed by atoms with Gasteiger partial charge in [0, 0.05) is 18.8 Å². The Bertz CT molecular complexity index is 610. The normalized spacial score (nSPS) is 10.6. The summed E-state index contributed by atoms with van der Waals surface area (Å²) in [4.78, 5) is 14.7. The molecule has 0 saturated carbocycles. The lowest BCUT2D eigenvalue weighted by atomic mass is 10.1.